The van der Waals surface area contributed by atoms with Crippen molar-refractivity contribution >= 4 is 51.8 Å². The number of imide groups is 1. The van der Waals surface area contributed by atoms with Gasteiger partial charge in [-0.2, -0.15) is 0 Å². The predicted octanol–water partition coefficient (Wildman–Crippen LogP) is 4.68. The van der Waals surface area contributed by atoms with Crippen LogP contribution in [0.1, 0.15) is 27.1 Å². The Kier molecular flexibility index (Phi) is 5.50. The third kappa shape index (κ3) is 4.00. The number of carbonyl (C=O) groups is 3. The topological polar surface area (TPSA) is 136 Å². The van der Waals surface area contributed by atoms with E-state index in [2.05, 4.69) is 10.3 Å². The minimum atomic E-state index is -0.796. The summed E-state index contributed by atoms with van der Waals surface area (Å²) in [7, 11) is 0. The summed E-state index contributed by atoms with van der Waals surface area (Å²) in [6.07, 6.45) is -0.212. The Morgan fingerprint density at radius 1 is 1.06 bits per heavy atom. The molecule has 0 atom stereocenters. The van der Waals surface area contributed by atoms with Gasteiger partial charge >= 0.3 is 0 Å². The molecule has 1 aromatic heterocycles. The van der Waals surface area contributed by atoms with Gasteiger partial charge in [-0.25, -0.2) is 4.98 Å². The van der Waals surface area contributed by atoms with Crippen molar-refractivity contribution in [1.82, 2.24) is 9.88 Å². The molecule has 5 rings (SSSR count). The zero-order valence-corrected chi connectivity index (χ0v) is 18.6. The largest absolute Gasteiger partial charge is 0.436 e. The van der Waals surface area contributed by atoms with Gasteiger partial charge < -0.3 is 9.73 Å². The molecule has 0 aliphatic carbocycles. The Bertz CT molecular complexity index is 1550. The fourth-order valence-corrected chi connectivity index (χ4v) is 4.06. The Hall–Kier alpha value is -4.57. The van der Waals surface area contributed by atoms with Crippen LogP contribution in [0.15, 0.2) is 65.1 Å². The average Bonchev–Trinajstić information content (AvgIpc) is 3.36. The summed E-state index contributed by atoms with van der Waals surface area (Å²) in [4.78, 5) is 53.8. The second-order valence-corrected chi connectivity index (χ2v) is 8.13. The highest BCUT2D eigenvalue weighted by molar-refractivity contribution is 6.31. The molecule has 0 bridgehead atoms. The monoisotopic (exact) mass is 490 g/mol. The molecule has 0 spiro atoms. The molecular formula is C24H15ClN4O6. The second-order valence-electron chi connectivity index (χ2n) is 7.69. The van der Waals surface area contributed by atoms with Crippen LogP contribution in [0.5, 0.6) is 0 Å². The number of oxazole rings is 1. The van der Waals surface area contributed by atoms with Crippen molar-refractivity contribution in [3.63, 3.8) is 0 Å². The summed E-state index contributed by atoms with van der Waals surface area (Å²) in [5.74, 6) is -1.66. The lowest BCUT2D eigenvalue weighted by atomic mass is 10.1. The molecule has 1 aliphatic heterocycles. The van der Waals surface area contributed by atoms with Gasteiger partial charge in [0, 0.05) is 24.1 Å². The number of nitrogens with zero attached hydrogens (tertiary/aromatic N) is 3. The van der Waals surface area contributed by atoms with Crippen LogP contribution in [-0.2, 0) is 4.79 Å². The van der Waals surface area contributed by atoms with Crippen LogP contribution >= 0.6 is 11.6 Å². The Labute approximate surface area is 202 Å². The van der Waals surface area contributed by atoms with Gasteiger partial charge in [0.15, 0.2) is 5.58 Å². The van der Waals surface area contributed by atoms with Gasteiger partial charge in [0.05, 0.1) is 21.7 Å². The number of aromatic nitrogens is 1. The number of para-hydroxylation sites is 1. The molecule has 0 fully saturated rings. The highest BCUT2D eigenvalue weighted by atomic mass is 35.5. The van der Waals surface area contributed by atoms with E-state index in [0.717, 1.165) is 11.0 Å². The number of nitro groups is 1. The molecule has 0 radical (unpaired) electrons. The summed E-state index contributed by atoms with van der Waals surface area (Å²) in [5.41, 5.74) is 1.30. The molecule has 0 saturated carbocycles. The van der Waals surface area contributed by atoms with E-state index in [-0.39, 0.29) is 30.0 Å². The van der Waals surface area contributed by atoms with Gasteiger partial charge in [-0.05, 0) is 36.4 Å². The van der Waals surface area contributed by atoms with Gasteiger partial charge in [-0.1, -0.05) is 29.8 Å². The lowest BCUT2D eigenvalue weighted by Gasteiger charge is -2.14. The molecule has 11 heteroatoms. The number of carbonyl (C=O) groups excluding carboxylic acids is 3. The van der Waals surface area contributed by atoms with E-state index in [4.69, 9.17) is 16.0 Å². The van der Waals surface area contributed by atoms with Gasteiger partial charge in [0.1, 0.15) is 11.1 Å². The van der Waals surface area contributed by atoms with Crippen LogP contribution in [0.25, 0.3) is 22.6 Å². The maximum atomic E-state index is 12.7. The van der Waals surface area contributed by atoms with Crippen LogP contribution in [0, 0.1) is 10.1 Å². The van der Waals surface area contributed by atoms with Gasteiger partial charge in [-0.15, -0.1) is 0 Å². The lowest BCUT2D eigenvalue weighted by molar-refractivity contribution is -0.385. The van der Waals surface area contributed by atoms with Crippen LogP contribution in [0.3, 0.4) is 0 Å². The van der Waals surface area contributed by atoms with Crippen molar-refractivity contribution in [2.24, 2.45) is 0 Å². The number of hydrogen-bond donors (Lipinski definition) is 1. The van der Waals surface area contributed by atoms with Crippen LogP contribution < -0.4 is 5.32 Å². The summed E-state index contributed by atoms with van der Waals surface area (Å²) in [5, 5.41) is 14.5. The molecule has 0 saturated heterocycles. The highest BCUT2D eigenvalue weighted by Gasteiger charge is 2.40. The number of rotatable bonds is 6. The third-order valence-corrected chi connectivity index (χ3v) is 5.75. The lowest BCUT2D eigenvalue weighted by Crippen LogP contribution is -2.33. The molecule has 1 N–H and O–H groups in total. The molecule has 0 unspecified atom stereocenters. The highest BCUT2D eigenvalue weighted by Crippen LogP contribution is 2.32. The minimum Gasteiger partial charge on any atom is -0.436 e. The molecule has 4 aromatic rings. The first-order valence-electron chi connectivity index (χ1n) is 10.4. The number of hydrogen-bond acceptors (Lipinski definition) is 7. The number of nitrogens with one attached hydrogen (secondary N) is 1. The number of fused-ring (bicyclic) bond motifs is 2. The predicted molar refractivity (Wildman–Crippen MR) is 126 cm³/mol. The Morgan fingerprint density at radius 3 is 2.63 bits per heavy atom. The summed E-state index contributed by atoms with van der Waals surface area (Å²) in [6.45, 7) is -0.237. The smallest absolute Gasteiger partial charge is 0.282 e. The fourth-order valence-electron chi connectivity index (χ4n) is 3.89. The number of anilines is 1. The first-order valence-corrected chi connectivity index (χ1v) is 10.8. The Morgan fingerprint density at radius 2 is 1.83 bits per heavy atom. The van der Waals surface area contributed by atoms with Crippen LogP contribution in [0.2, 0.25) is 5.02 Å². The fraction of sp³-hybridized carbons (Fsp3) is 0.0833. The maximum Gasteiger partial charge on any atom is 0.282 e. The Balaban J connectivity index is 1.32. The third-order valence-electron chi connectivity index (χ3n) is 5.52. The first-order chi connectivity index (χ1) is 16.8. The summed E-state index contributed by atoms with van der Waals surface area (Å²) in [6, 6.07) is 15.8. The van der Waals surface area contributed by atoms with Crippen molar-refractivity contribution in [2.45, 2.75) is 6.42 Å². The van der Waals surface area contributed by atoms with E-state index in [1.54, 1.807) is 42.5 Å². The number of nitro benzene ring substituents is 1. The number of benzene rings is 3. The van der Waals surface area contributed by atoms with E-state index in [1.807, 2.05) is 0 Å². The number of halogens is 1. The molecule has 1 aliphatic rings. The SMILES string of the molecule is O=C(CCN1C(=O)c2cccc([N+](=O)[O-])c2C1=O)Nc1ccccc1-c1nc2cc(Cl)ccc2o1. The molecule has 35 heavy (non-hydrogen) atoms. The molecule has 3 aromatic carbocycles. The van der Waals surface area contributed by atoms with Gasteiger partial charge in [-0.3, -0.25) is 29.4 Å². The van der Waals surface area contributed by atoms with Gasteiger partial charge in [0.2, 0.25) is 11.8 Å². The molecule has 10 nitrogen and oxygen atoms in total. The van der Waals surface area contributed by atoms with E-state index in [1.165, 1.54) is 12.1 Å². The summed E-state index contributed by atoms with van der Waals surface area (Å²) < 4.78 is 5.79. The molecular weight excluding hydrogens is 476 g/mol. The van der Waals surface area contributed by atoms with Crippen molar-refractivity contribution in [2.75, 3.05) is 11.9 Å². The van der Waals surface area contributed by atoms with E-state index in [9.17, 15) is 24.5 Å². The first kappa shape index (κ1) is 22.2. The van der Waals surface area contributed by atoms with E-state index >= 15 is 0 Å². The molecule has 174 valence electrons. The molecule has 2 heterocycles. The quantitative estimate of drug-likeness (QED) is 0.235. The van der Waals surface area contributed by atoms with Crippen LogP contribution in [-0.4, -0.2) is 39.1 Å². The zero-order chi connectivity index (χ0) is 24.7. The van der Waals surface area contributed by atoms with Crippen molar-refractivity contribution < 1.29 is 23.7 Å². The minimum absolute atomic E-state index is 0.0500. The normalized spacial score (nSPS) is 12.8. The average molecular weight is 491 g/mol. The maximum absolute atomic E-state index is 12.7. The second kappa shape index (κ2) is 8.65. The van der Waals surface area contributed by atoms with Crippen molar-refractivity contribution in [3.8, 4) is 11.5 Å². The standard InChI is InChI=1S/C24H15ClN4O6/c25-13-8-9-19-17(12-13)27-22(35-19)14-4-1-2-6-16(14)26-20(30)10-11-28-23(31)15-5-3-7-18(29(33)34)21(15)24(28)32/h1-9,12H,10-11H2,(H,26,30). The molecule has 3 amide bonds. The zero-order valence-electron chi connectivity index (χ0n) is 17.9. The van der Waals surface area contributed by atoms with Crippen LogP contribution in [0.4, 0.5) is 11.4 Å². The van der Waals surface area contributed by atoms with Gasteiger partial charge in [0.25, 0.3) is 17.5 Å². The van der Waals surface area contributed by atoms with Crippen molar-refractivity contribution in [3.05, 3.63) is 86.9 Å². The van der Waals surface area contributed by atoms with E-state index in [0.29, 0.717) is 27.4 Å². The van der Waals surface area contributed by atoms with Crippen molar-refractivity contribution in [1.29, 1.82) is 0 Å². The number of amides is 3. The van der Waals surface area contributed by atoms with E-state index < -0.39 is 28.3 Å². The summed E-state index contributed by atoms with van der Waals surface area (Å²) >= 11 is 6.01.